The Morgan fingerprint density at radius 1 is 1.00 bits per heavy atom. The highest BCUT2D eigenvalue weighted by Gasteiger charge is 2.12. The van der Waals surface area contributed by atoms with Gasteiger partial charge in [0.25, 0.3) is 0 Å². The Balaban J connectivity index is 2.26. The molecule has 1 atom stereocenters. The predicted octanol–water partition coefficient (Wildman–Crippen LogP) is 4.23. The molecule has 2 heteroatoms. The van der Waals surface area contributed by atoms with Gasteiger partial charge in [0.1, 0.15) is 0 Å². The van der Waals surface area contributed by atoms with Crippen LogP contribution in [0.4, 0.5) is 0 Å². The molecule has 0 spiro atoms. The van der Waals surface area contributed by atoms with Crippen LogP contribution < -0.4 is 5.73 Å². The van der Waals surface area contributed by atoms with E-state index >= 15 is 0 Å². The standard InChI is InChI=1S/C15H19NS/c1-10(2)12-4-6-13(7-5-12)15(16)14-8-9-17-11(14)3/h4-10,15H,16H2,1-3H3. The van der Waals surface area contributed by atoms with Gasteiger partial charge in [0.2, 0.25) is 0 Å². The van der Waals surface area contributed by atoms with Gasteiger partial charge in [0, 0.05) is 4.88 Å². The maximum Gasteiger partial charge on any atom is 0.0562 e. The molecule has 1 unspecified atom stereocenters. The van der Waals surface area contributed by atoms with Crippen LogP contribution in [0.15, 0.2) is 35.7 Å². The second-order valence-electron chi connectivity index (χ2n) is 4.73. The van der Waals surface area contributed by atoms with Gasteiger partial charge < -0.3 is 5.73 Å². The zero-order valence-corrected chi connectivity index (χ0v) is 11.4. The van der Waals surface area contributed by atoms with Crippen LogP contribution in [0.2, 0.25) is 0 Å². The Kier molecular flexibility index (Phi) is 3.65. The average Bonchev–Trinajstić information content (AvgIpc) is 2.74. The summed E-state index contributed by atoms with van der Waals surface area (Å²) in [5.41, 5.74) is 10.1. The normalized spacial score (nSPS) is 13.0. The van der Waals surface area contributed by atoms with Crippen LogP contribution in [0, 0.1) is 6.92 Å². The molecule has 2 N–H and O–H groups in total. The van der Waals surface area contributed by atoms with Crippen molar-refractivity contribution in [3.05, 3.63) is 57.3 Å². The molecule has 0 saturated heterocycles. The topological polar surface area (TPSA) is 26.0 Å². The minimum atomic E-state index is 0.00228. The summed E-state index contributed by atoms with van der Waals surface area (Å²) in [6, 6.07) is 10.8. The van der Waals surface area contributed by atoms with Crippen LogP contribution in [0.25, 0.3) is 0 Å². The second kappa shape index (κ2) is 5.03. The second-order valence-corrected chi connectivity index (χ2v) is 5.85. The molecule has 0 radical (unpaired) electrons. The smallest absolute Gasteiger partial charge is 0.0562 e. The van der Waals surface area contributed by atoms with E-state index in [0.717, 1.165) is 0 Å². The number of nitrogens with two attached hydrogens (primary N) is 1. The fourth-order valence-corrected chi connectivity index (χ4v) is 2.74. The van der Waals surface area contributed by atoms with Crippen LogP contribution >= 0.6 is 11.3 Å². The van der Waals surface area contributed by atoms with Crippen molar-refractivity contribution in [2.45, 2.75) is 32.7 Å². The first kappa shape index (κ1) is 12.3. The van der Waals surface area contributed by atoms with Crippen LogP contribution in [0.5, 0.6) is 0 Å². The average molecular weight is 245 g/mol. The fraction of sp³-hybridized carbons (Fsp3) is 0.333. The highest BCUT2D eigenvalue weighted by molar-refractivity contribution is 7.10. The monoisotopic (exact) mass is 245 g/mol. The van der Waals surface area contributed by atoms with Gasteiger partial charge in [-0.1, -0.05) is 38.1 Å². The molecule has 0 aliphatic carbocycles. The van der Waals surface area contributed by atoms with Crippen molar-refractivity contribution < 1.29 is 0 Å². The molecule has 0 saturated carbocycles. The maximum atomic E-state index is 6.29. The number of aryl methyl sites for hydroxylation is 1. The lowest BCUT2D eigenvalue weighted by atomic mass is 9.96. The highest BCUT2D eigenvalue weighted by Crippen LogP contribution is 2.27. The van der Waals surface area contributed by atoms with Crippen molar-refractivity contribution in [2.75, 3.05) is 0 Å². The SMILES string of the molecule is Cc1sccc1C(N)c1ccc(C(C)C)cc1. The van der Waals surface area contributed by atoms with E-state index in [-0.39, 0.29) is 6.04 Å². The van der Waals surface area contributed by atoms with Gasteiger partial charge in [-0.05, 0) is 41.0 Å². The molecule has 1 aromatic carbocycles. The van der Waals surface area contributed by atoms with Crippen molar-refractivity contribution in [3.8, 4) is 0 Å². The minimum absolute atomic E-state index is 0.00228. The van der Waals surface area contributed by atoms with Crippen molar-refractivity contribution in [2.24, 2.45) is 5.73 Å². The zero-order valence-electron chi connectivity index (χ0n) is 10.6. The summed E-state index contributed by atoms with van der Waals surface area (Å²) in [6.07, 6.45) is 0. The predicted molar refractivity (Wildman–Crippen MR) is 75.6 cm³/mol. The molecule has 0 amide bonds. The van der Waals surface area contributed by atoms with Gasteiger partial charge in [0.05, 0.1) is 6.04 Å². The summed E-state index contributed by atoms with van der Waals surface area (Å²) < 4.78 is 0. The molecular weight excluding hydrogens is 226 g/mol. The number of hydrogen-bond acceptors (Lipinski definition) is 2. The third kappa shape index (κ3) is 2.59. The lowest BCUT2D eigenvalue weighted by Gasteiger charge is -2.13. The summed E-state index contributed by atoms with van der Waals surface area (Å²) in [4.78, 5) is 1.31. The molecule has 1 nitrogen and oxygen atoms in total. The number of benzene rings is 1. The molecule has 17 heavy (non-hydrogen) atoms. The molecular formula is C15H19NS. The summed E-state index contributed by atoms with van der Waals surface area (Å²) in [6.45, 7) is 6.54. The van der Waals surface area contributed by atoms with Gasteiger partial charge in [0.15, 0.2) is 0 Å². The Hall–Kier alpha value is -1.12. The van der Waals surface area contributed by atoms with E-state index in [1.54, 1.807) is 11.3 Å². The van der Waals surface area contributed by atoms with E-state index in [4.69, 9.17) is 5.73 Å². The maximum absolute atomic E-state index is 6.29. The summed E-state index contributed by atoms with van der Waals surface area (Å²) in [5, 5.41) is 2.10. The molecule has 90 valence electrons. The Morgan fingerprint density at radius 3 is 2.06 bits per heavy atom. The van der Waals surface area contributed by atoms with Crippen LogP contribution in [-0.4, -0.2) is 0 Å². The third-order valence-corrected chi connectivity index (χ3v) is 4.06. The van der Waals surface area contributed by atoms with E-state index in [2.05, 4.69) is 56.5 Å². The van der Waals surface area contributed by atoms with Gasteiger partial charge >= 0.3 is 0 Å². The lowest BCUT2D eigenvalue weighted by molar-refractivity contribution is 0.846. The van der Waals surface area contributed by atoms with Crippen molar-refractivity contribution in [1.82, 2.24) is 0 Å². The minimum Gasteiger partial charge on any atom is -0.320 e. The van der Waals surface area contributed by atoms with E-state index in [1.807, 2.05) is 0 Å². The Labute approximate surface area is 107 Å². The summed E-state index contributed by atoms with van der Waals surface area (Å²) in [7, 11) is 0. The molecule has 1 heterocycles. The van der Waals surface area contributed by atoms with E-state index in [1.165, 1.54) is 21.6 Å². The molecule has 0 aliphatic rings. The number of rotatable bonds is 3. The van der Waals surface area contributed by atoms with Crippen molar-refractivity contribution in [1.29, 1.82) is 0 Å². The van der Waals surface area contributed by atoms with E-state index in [9.17, 15) is 0 Å². The first-order chi connectivity index (χ1) is 8.09. The Morgan fingerprint density at radius 2 is 1.59 bits per heavy atom. The molecule has 0 aliphatic heterocycles. The highest BCUT2D eigenvalue weighted by atomic mass is 32.1. The lowest BCUT2D eigenvalue weighted by Crippen LogP contribution is -2.11. The molecule has 0 fully saturated rings. The first-order valence-corrected chi connectivity index (χ1v) is 6.87. The first-order valence-electron chi connectivity index (χ1n) is 5.99. The summed E-state index contributed by atoms with van der Waals surface area (Å²) in [5.74, 6) is 0.572. The van der Waals surface area contributed by atoms with Gasteiger partial charge in [-0.15, -0.1) is 11.3 Å². The van der Waals surface area contributed by atoms with Gasteiger partial charge in [-0.2, -0.15) is 0 Å². The van der Waals surface area contributed by atoms with Crippen LogP contribution in [0.3, 0.4) is 0 Å². The van der Waals surface area contributed by atoms with Gasteiger partial charge in [-0.3, -0.25) is 0 Å². The van der Waals surface area contributed by atoms with Gasteiger partial charge in [-0.25, -0.2) is 0 Å². The third-order valence-electron chi connectivity index (χ3n) is 3.20. The Bertz CT molecular complexity index is 482. The van der Waals surface area contributed by atoms with E-state index < -0.39 is 0 Å². The van der Waals surface area contributed by atoms with Crippen molar-refractivity contribution in [3.63, 3.8) is 0 Å². The molecule has 1 aromatic heterocycles. The summed E-state index contributed by atoms with van der Waals surface area (Å²) >= 11 is 1.76. The van der Waals surface area contributed by atoms with Crippen molar-refractivity contribution >= 4 is 11.3 Å². The quantitative estimate of drug-likeness (QED) is 0.860. The molecule has 0 bridgehead atoms. The van der Waals surface area contributed by atoms with E-state index in [0.29, 0.717) is 5.92 Å². The number of hydrogen-bond donors (Lipinski definition) is 1. The number of thiophene rings is 1. The fourth-order valence-electron chi connectivity index (χ4n) is 1.99. The molecule has 2 aromatic rings. The zero-order chi connectivity index (χ0) is 12.4. The van der Waals surface area contributed by atoms with Crippen LogP contribution in [0.1, 0.15) is 47.4 Å². The van der Waals surface area contributed by atoms with Crippen LogP contribution in [-0.2, 0) is 0 Å². The molecule has 2 rings (SSSR count). The largest absolute Gasteiger partial charge is 0.320 e.